The van der Waals surface area contributed by atoms with Crippen molar-refractivity contribution in [3.8, 4) is 0 Å². The van der Waals surface area contributed by atoms with Gasteiger partial charge in [-0.15, -0.1) is 0 Å². The van der Waals surface area contributed by atoms with Gasteiger partial charge in [0.15, 0.2) is 0 Å². The zero-order chi connectivity index (χ0) is 11.8. The Bertz CT molecular complexity index is 593. The summed E-state index contributed by atoms with van der Waals surface area (Å²) >= 11 is 0. The van der Waals surface area contributed by atoms with Crippen molar-refractivity contribution in [1.82, 2.24) is 14.4 Å². The number of aromatic amines is 1. The Morgan fingerprint density at radius 2 is 2.47 bits per heavy atom. The van der Waals surface area contributed by atoms with Gasteiger partial charge in [0.2, 0.25) is 0 Å². The van der Waals surface area contributed by atoms with Gasteiger partial charge in [0.1, 0.15) is 11.3 Å². The number of aryl methyl sites for hydroxylation is 1. The average Bonchev–Trinajstić information content (AvgIpc) is 2.74. The molecule has 0 radical (unpaired) electrons. The highest BCUT2D eigenvalue weighted by atomic mass is 16.5. The van der Waals surface area contributed by atoms with Crippen LogP contribution >= 0.6 is 0 Å². The molecule has 0 saturated carbocycles. The van der Waals surface area contributed by atoms with E-state index < -0.39 is 0 Å². The second-order valence-corrected chi connectivity index (χ2v) is 4.55. The van der Waals surface area contributed by atoms with Gasteiger partial charge in [-0.25, -0.2) is 4.98 Å². The minimum atomic E-state index is -0.0829. The lowest BCUT2D eigenvalue weighted by atomic mass is 10.0. The summed E-state index contributed by atoms with van der Waals surface area (Å²) < 4.78 is 7.37. The molecule has 1 saturated heterocycles. The van der Waals surface area contributed by atoms with E-state index in [1.54, 1.807) is 6.20 Å². The third kappa shape index (κ3) is 1.76. The van der Waals surface area contributed by atoms with Gasteiger partial charge in [-0.3, -0.25) is 9.20 Å². The van der Waals surface area contributed by atoms with Crippen molar-refractivity contribution in [2.75, 3.05) is 13.2 Å². The number of nitrogens with one attached hydrogen (secondary N) is 1. The van der Waals surface area contributed by atoms with E-state index >= 15 is 0 Å². The van der Waals surface area contributed by atoms with Crippen LogP contribution in [0.25, 0.3) is 5.52 Å². The lowest BCUT2D eigenvalue weighted by Crippen LogP contribution is -2.19. The molecule has 1 aliphatic heterocycles. The molecular formula is C12H15N3O2. The Morgan fingerprint density at radius 3 is 3.24 bits per heavy atom. The van der Waals surface area contributed by atoms with E-state index in [0.29, 0.717) is 18.0 Å². The van der Waals surface area contributed by atoms with Crippen molar-refractivity contribution >= 4 is 5.52 Å². The second kappa shape index (κ2) is 4.00. The molecule has 0 aliphatic carbocycles. The maximum atomic E-state index is 11.7. The minimum Gasteiger partial charge on any atom is -0.381 e. The van der Waals surface area contributed by atoms with Crippen LogP contribution < -0.4 is 5.56 Å². The van der Waals surface area contributed by atoms with Crippen LogP contribution in [-0.2, 0) is 4.74 Å². The van der Waals surface area contributed by atoms with Crippen LogP contribution in [-0.4, -0.2) is 27.6 Å². The molecule has 1 aliphatic rings. The van der Waals surface area contributed by atoms with Crippen LogP contribution in [0.2, 0.25) is 0 Å². The van der Waals surface area contributed by atoms with E-state index in [9.17, 15) is 4.79 Å². The maximum Gasteiger partial charge on any atom is 0.274 e. The lowest BCUT2D eigenvalue weighted by Gasteiger charge is -2.21. The fourth-order valence-corrected chi connectivity index (χ4v) is 2.39. The lowest BCUT2D eigenvalue weighted by molar-refractivity contribution is 0.0779. The molecule has 17 heavy (non-hydrogen) atoms. The average molecular weight is 233 g/mol. The Kier molecular flexibility index (Phi) is 2.48. The smallest absolute Gasteiger partial charge is 0.274 e. The molecule has 0 aromatic carbocycles. The summed E-state index contributed by atoms with van der Waals surface area (Å²) in [6.07, 6.45) is 5.70. The molecule has 0 amide bonds. The number of fused-ring (bicyclic) bond motifs is 1. The van der Waals surface area contributed by atoms with Gasteiger partial charge in [0, 0.05) is 24.4 Å². The summed E-state index contributed by atoms with van der Waals surface area (Å²) in [6.45, 7) is 3.41. The van der Waals surface area contributed by atoms with Crippen molar-refractivity contribution in [1.29, 1.82) is 0 Å². The summed E-state index contributed by atoms with van der Waals surface area (Å²) in [5, 5.41) is 0. The summed E-state index contributed by atoms with van der Waals surface area (Å²) in [4.78, 5) is 18.9. The number of imidazole rings is 1. The first-order valence-electron chi connectivity index (χ1n) is 5.90. The zero-order valence-electron chi connectivity index (χ0n) is 9.77. The fraction of sp³-hybridized carbons (Fsp3) is 0.500. The van der Waals surface area contributed by atoms with E-state index in [0.717, 1.165) is 31.0 Å². The first kappa shape index (κ1) is 10.5. The van der Waals surface area contributed by atoms with Gasteiger partial charge in [0.05, 0.1) is 12.8 Å². The van der Waals surface area contributed by atoms with Gasteiger partial charge in [-0.05, 0) is 19.8 Å². The van der Waals surface area contributed by atoms with E-state index in [4.69, 9.17) is 4.74 Å². The molecule has 3 rings (SSSR count). The van der Waals surface area contributed by atoms with Gasteiger partial charge in [-0.2, -0.15) is 0 Å². The Morgan fingerprint density at radius 1 is 1.59 bits per heavy atom. The molecule has 5 heteroatoms. The molecule has 90 valence electrons. The van der Waals surface area contributed by atoms with E-state index in [-0.39, 0.29) is 5.56 Å². The zero-order valence-corrected chi connectivity index (χ0v) is 9.77. The van der Waals surface area contributed by atoms with Crippen molar-refractivity contribution in [2.45, 2.75) is 25.7 Å². The van der Waals surface area contributed by atoms with E-state index in [1.807, 2.05) is 17.5 Å². The largest absolute Gasteiger partial charge is 0.381 e. The number of rotatable bonds is 1. The maximum absolute atomic E-state index is 11.7. The van der Waals surface area contributed by atoms with Gasteiger partial charge in [0.25, 0.3) is 5.56 Å². The van der Waals surface area contributed by atoms with Gasteiger partial charge in [-0.1, -0.05) is 0 Å². The highest BCUT2D eigenvalue weighted by Crippen LogP contribution is 2.24. The molecule has 5 nitrogen and oxygen atoms in total. The summed E-state index contributed by atoms with van der Waals surface area (Å²) in [5.74, 6) is 1.24. The Hall–Kier alpha value is -1.62. The minimum absolute atomic E-state index is 0.0829. The second-order valence-electron chi connectivity index (χ2n) is 4.55. The number of nitrogens with zero attached hydrogens (tertiary/aromatic N) is 2. The van der Waals surface area contributed by atoms with Crippen LogP contribution in [0.15, 0.2) is 17.2 Å². The predicted octanol–water partition coefficient (Wildman–Crippen LogP) is 1.23. The SMILES string of the molecule is Cc1cn2c(C3CCCOC3)ncc2c(=O)[nH]1. The molecule has 0 bridgehead atoms. The molecule has 1 fully saturated rings. The summed E-state index contributed by atoms with van der Waals surface area (Å²) in [5.41, 5.74) is 1.37. The molecule has 0 spiro atoms. The Balaban J connectivity index is 2.13. The number of ether oxygens (including phenoxy) is 1. The molecule has 2 aromatic rings. The quantitative estimate of drug-likeness (QED) is 0.805. The third-order valence-corrected chi connectivity index (χ3v) is 3.22. The predicted molar refractivity (Wildman–Crippen MR) is 63.3 cm³/mol. The molecule has 2 aromatic heterocycles. The normalized spacial score (nSPS) is 20.9. The van der Waals surface area contributed by atoms with Crippen molar-refractivity contribution in [3.63, 3.8) is 0 Å². The van der Waals surface area contributed by atoms with Gasteiger partial charge >= 0.3 is 0 Å². The standard InChI is InChI=1S/C12H15N3O2/c1-8-6-15-10(12(16)14-8)5-13-11(15)9-3-2-4-17-7-9/h5-6,9H,2-4,7H2,1H3,(H,14,16). The highest BCUT2D eigenvalue weighted by molar-refractivity contribution is 5.44. The van der Waals surface area contributed by atoms with Crippen LogP contribution in [0, 0.1) is 6.92 Å². The van der Waals surface area contributed by atoms with Gasteiger partial charge < -0.3 is 9.72 Å². The summed E-state index contributed by atoms with van der Waals surface area (Å²) in [7, 11) is 0. The molecule has 1 unspecified atom stereocenters. The first-order chi connectivity index (χ1) is 8.25. The van der Waals surface area contributed by atoms with Crippen molar-refractivity contribution < 1.29 is 4.74 Å². The molecular weight excluding hydrogens is 218 g/mol. The first-order valence-corrected chi connectivity index (χ1v) is 5.90. The summed E-state index contributed by atoms with van der Waals surface area (Å²) in [6, 6.07) is 0. The monoisotopic (exact) mass is 233 g/mol. The van der Waals surface area contributed by atoms with E-state index in [1.165, 1.54) is 0 Å². The molecule has 1 N–H and O–H groups in total. The van der Waals surface area contributed by atoms with Crippen molar-refractivity contribution in [3.05, 3.63) is 34.3 Å². The number of hydrogen-bond donors (Lipinski definition) is 1. The fourth-order valence-electron chi connectivity index (χ4n) is 2.39. The number of aromatic nitrogens is 3. The number of hydrogen-bond acceptors (Lipinski definition) is 3. The van der Waals surface area contributed by atoms with Crippen LogP contribution in [0.1, 0.15) is 30.3 Å². The van der Waals surface area contributed by atoms with Crippen LogP contribution in [0.5, 0.6) is 0 Å². The van der Waals surface area contributed by atoms with Crippen molar-refractivity contribution in [2.24, 2.45) is 0 Å². The Labute approximate surface area is 98.4 Å². The third-order valence-electron chi connectivity index (χ3n) is 3.22. The highest BCUT2D eigenvalue weighted by Gasteiger charge is 2.21. The topological polar surface area (TPSA) is 59.4 Å². The number of H-pyrrole nitrogens is 1. The van der Waals surface area contributed by atoms with Crippen LogP contribution in [0.4, 0.5) is 0 Å². The van der Waals surface area contributed by atoms with E-state index in [2.05, 4.69) is 9.97 Å². The van der Waals surface area contributed by atoms with Crippen LogP contribution in [0.3, 0.4) is 0 Å². The molecule has 1 atom stereocenters. The molecule has 3 heterocycles.